The number of ether oxygens (including phenoxy) is 2. The van der Waals surface area contributed by atoms with Crippen LogP contribution in [0, 0.1) is 0 Å². The molecule has 0 saturated carbocycles. The highest BCUT2D eigenvalue weighted by Crippen LogP contribution is 2.21. The normalized spacial score (nSPS) is 14.3. The summed E-state index contributed by atoms with van der Waals surface area (Å²) in [5.74, 6) is -0.804. The molecular formula is C16H24O4. The minimum Gasteiger partial charge on any atom is -0.462 e. The molecule has 0 aromatic heterocycles. The van der Waals surface area contributed by atoms with E-state index in [1.807, 2.05) is 19.9 Å². The van der Waals surface area contributed by atoms with Crippen LogP contribution in [0.15, 0.2) is 23.3 Å². The molecule has 0 aromatic rings. The Balaban J connectivity index is 2.67. The number of rotatable bonds is 8. The number of unbranched alkanes of at least 4 members (excludes halogenated alkanes) is 2. The van der Waals surface area contributed by atoms with Crippen molar-refractivity contribution in [2.75, 3.05) is 13.2 Å². The van der Waals surface area contributed by atoms with Crippen molar-refractivity contribution >= 4 is 11.9 Å². The van der Waals surface area contributed by atoms with E-state index in [0.717, 1.165) is 32.1 Å². The molecule has 0 atom stereocenters. The molecule has 0 radical (unpaired) electrons. The van der Waals surface area contributed by atoms with Crippen molar-refractivity contribution in [1.82, 2.24) is 0 Å². The molecule has 112 valence electrons. The zero-order chi connectivity index (χ0) is 14.8. The lowest BCUT2D eigenvalue weighted by Gasteiger charge is -2.14. The predicted molar refractivity (Wildman–Crippen MR) is 77.1 cm³/mol. The van der Waals surface area contributed by atoms with Crippen molar-refractivity contribution in [3.63, 3.8) is 0 Å². The van der Waals surface area contributed by atoms with Crippen LogP contribution in [0.25, 0.3) is 0 Å². The van der Waals surface area contributed by atoms with Crippen molar-refractivity contribution < 1.29 is 19.1 Å². The first-order chi connectivity index (χ1) is 9.70. The van der Waals surface area contributed by atoms with E-state index in [2.05, 4.69) is 0 Å². The zero-order valence-corrected chi connectivity index (χ0v) is 12.4. The number of hydrogen-bond acceptors (Lipinski definition) is 4. The van der Waals surface area contributed by atoms with E-state index in [1.165, 1.54) is 0 Å². The number of esters is 2. The zero-order valence-electron chi connectivity index (χ0n) is 12.4. The minimum absolute atomic E-state index is 0.355. The van der Waals surface area contributed by atoms with Gasteiger partial charge in [-0.2, -0.15) is 0 Å². The summed E-state index contributed by atoms with van der Waals surface area (Å²) in [7, 11) is 0. The van der Waals surface area contributed by atoms with E-state index in [1.54, 1.807) is 6.08 Å². The average molecular weight is 280 g/mol. The number of carbonyl (C=O) groups excluding carboxylic acids is 2. The smallest absolute Gasteiger partial charge is 0.338 e. The van der Waals surface area contributed by atoms with Gasteiger partial charge in [0.1, 0.15) is 0 Å². The Morgan fingerprint density at radius 1 is 1.05 bits per heavy atom. The van der Waals surface area contributed by atoms with Gasteiger partial charge in [-0.1, -0.05) is 38.8 Å². The van der Waals surface area contributed by atoms with Gasteiger partial charge in [-0.3, -0.25) is 0 Å². The van der Waals surface area contributed by atoms with E-state index in [0.29, 0.717) is 30.8 Å². The van der Waals surface area contributed by atoms with Gasteiger partial charge in [-0.15, -0.1) is 0 Å². The van der Waals surface area contributed by atoms with Crippen molar-refractivity contribution in [2.24, 2.45) is 0 Å². The van der Waals surface area contributed by atoms with E-state index in [-0.39, 0.29) is 5.97 Å². The van der Waals surface area contributed by atoms with E-state index < -0.39 is 5.97 Å². The van der Waals surface area contributed by atoms with Crippen LogP contribution in [0.4, 0.5) is 0 Å². The molecule has 20 heavy (non-hydrogen) atoms. The fourth-order valence-corrected chi connectivity index (χ4v) is 1.85. The number of allylic oxidation sites excluding steroid dienone is 1. The quantitative estimate of drug-likeness (QED) is 0.505. The summed E-state index contributed by atoms with van der Waals surface area (Å²) in [4.78, 5) is 24.0. The van der Waals surface area contributed by atoms with Gasteiger partial charge in [0.15, 0.2) is 0 Å². The summed E-state index contributed by atoms with van der Waals surface area (Å²) in [5.41, 5.74) is 0.805. The lowest BCUT2D eigenvalue weighted by molar-refractivity contribution is -0.142. The predicted octanol–water partition coefficient (Wildman–Crippen LogP) is 3.32. The van der Waals surface area contributed by atoms with Crippen LogP contribution in [0.2, 0.25) is 0 Å². The minimum atomic E-state index is -0.420. The fourth-order valence-electron chi connectivity index (χ4n) is 1.85. The molecular weight excluding hydrogens is 256 g/mol. The maximum Gasteiger partial charge on any atom is 0.338 e. The highest BCUT2D eigenvalue weighted by molar-refractivity contribution is 6.02. The summed E-state index contributed by atoms with van der Waals surface area (Å²) in [5, 5.41) is 0. The second kappa shape index (κ2) is 9.34. The lowest BCUT2D eigenvalue weighted by atomic mass is 9.97. The van der Waals surface area contributed by atoms with Crippen LogP contribution in [0.5, 0.6) is 0 Å². The van der Waals surface area contributed by atoms with Crippen LogP contribution in [0.3, 0.4) is 0 Å². The van der Waals surface area contributed by atoms with Gasteiger partial charge in [0.2, 0.25) is 0 Å². The molecule has 0 heterocycles. The molecule has 0 aliphatic heterocycles. The molecule has 0 aromatic carbocycles. The largest absolute Gasteiger partial charge is 0.462 e. The van der Waals surface area contributed by atoms with Gasteiger partial charge < -0.3 is 9.47 Å². The fraction of sp³-hybridized carbons (Fsp3) is 0.625. The summed E-state index contributed by atoms with van der Waals surface area (Å²) < 4.78 is 10.4. The monoisotopic (exact) mass is 280 g/mol. The average Bonchev–Trinajstić information content (AvgIpc) is 2.47. The standard InChI is InChI=1S/C16H24O4/c1-3-5-11-19-15(17)13-9-7-8-10-14(13)16(18)20-12-6-4-2/h7,9H,3-6,8,10-12H2,1-2H3. The van der Waals surface area contributed by atoms with Crippen LogP contribution in [-0.4, -0.2) is 25.2 Å². The van der Waals surface area contributed by atoms with Crippen molar-refractivity contribution in [3.8, 4) is 0 Å². The van der Waals surface area contributed by atoms with Gasteiger partial charge in [0.05, 0.1) is 24.4 Å². The SMILES string of the molecule is CCCCOC(=O)C1=C(C(=O)OCCCC)CCC=C1. The highest BCUT2D eigenvalue weighted by Gasteiger charge is 2.23. The van der Waals surface area contributed by atoms with E-state index >= 15 is 0 Å². The van der Waals surface area contributed by atoms with E-state index in [4.69, 9.17) is 9.47 Å². The van der Waals surface area contributed by atoms with Gasteiger partial charge >= 0.3 is 11.9 Å². The first-order valence-corrected chi connectivity index (χ1v) is 7.44. The molecule has 4 heteroatoms. The van der Waals surface area contributed by atoms with Crippen molar-refractivity contribution in [1.29, 1.82) is 0 Å². The first kappa shape index (κ1) is 16.5. The van der Waals surface area contributed by atoms with Crippen LogP contribution in [0.1, 0.15) is 52.4 Å². The maximum absolute atomic E-state index is 12.0. The molecule has 0 fully saturated rings. The van der Waals surface area contributed by atoms with Crippen molar-refractivity contribution in [3.05, 3.63) is 23.3 Å². The number of hydrogen-bond donors (Lipinski definition) is 0. The van der Waals surface area contributed by atoms with Crippen LogP contribution in [-0.2, 0) is 19.1 Å². The van der Waals surface area contributed by atoms with Gasteiger partial charge in [0.25, 0.3) is 0 Å². The lowest BCUT2D eigenvalue weighted by Crippen LogP contribution is -2.18. The Labute approximate surface area is 120 Å². The molecule has 1 aliphatic carbocycles. The molecule has 1 rings (SSSR count). The Morgan fingerprint density at radius 3 is 2.25 bits per heavy atom. The van der Waals surface area contributed by atoms with Gasteiger partial charge in [-0.25, -0.2) is 9.59 Å². The van der Waals surface area contributed by atoms with Gasteiger partial charge in [-0.05, 0) is 25.7 Å². The topological polar surface area (TPSA) is 52.6 Å². The third kappa shape index (κ3) is 5.19. The molecule has 4 nitrogen and oxygen atoms in total. The van der Waals surface area contributed by atoms with E-state index in [9.17, 15) is 9.59 Å². The summed E-state index contributed by atoms with van der Waals surface area (Å²) in [6.07, 6.45) is 8.47. The Kier molecular flexibility index (Phi) is 7.70. The van der Waals surface area contributed by atoms with Gasteiger partial charge in [0, 0.05) is 0 Å². The molecule has 0 spiro atoms. The Morgan fingerprint density at radius 2 is 1.65 bits per heavy atom. The summed E-state index contributed by atoms with van der Waals surface area (Å²) in [6, 6.07) is 0. The first-order valence-electron chi connectivity index (χ1n) is 7.44. The second-order valence-electron chi connectivity index (χ2n) is 4.81. The third-order valence-electron chi connectivity index (χ3n) is 3.10. The van der Waals surface area contributed by atoms with Crippen LogP contribution < -0.4 is 0 Å². The summed E-state index contributed by atoms with van der Waals surface area (Å²) >= 11 is 0. The molecule has 0 unspecified atom stereocenters. The van der Waals surface area contributed by atoms with Crippen molar-refractivity contribution in [2.45, 2.75) is 52.4 Å². The molecule has 0 saturated heterocycles. The molecule has 1 aliphatic rings. The Hall–Kier alpha value is -1.58. The summed E-state index contributed by atoms with van der Waals surface area (Å²) in [6.45, 7) is 4.86. The van der Waals surface area contributed by atoms with Crippen LogP contribution >= 0.6 is 0 Å². The second-order valence-corrected chi connectivity index (χ2v) is 4.81. The third-order valence-corrected chi connectivity index (χ3v) is 3.10. The highest BCUT2D eigenvalue weighted by atomic mass is 16.5. The molecule has 0 N–H and O–H groups in total. The Bertz CT molecular complexity index is 393. The molecule has 0 bridgehead atoms. The maximum atomic E-state index is 12.0. The number of carbonyl (C=O) groups is 2. The molecule has 0 amide bonds.